The Morgan fingerprint density at radius 1 is 1.14 bits per heavy atom. The normalized spacial score (nSPS) is 17.7. The van der Waals surface area contributed by atoms with Crippen molar-refractivity contribution in [2.75, 3.05) is 26.4 Å². The predicted molar refractivity (Wildman–Crippen MR) is 81.9 cm³/mol. The molecule has 1 fully saturated rings. The van der Waals surface area contributed by atoms with E-state index in [1.165, 1.54) is 5.56 Å². The molecule has 0 aliphatic carbocycles. The van der Waals surface area contributed by atoms with Gasteiger partial charge in [-0.15, -0.1) is 0 Å². The van der Waals surface area contributed by atoms with E-state index in [9.17, 15) is 5.11 Å². The highest BCUT2D eigenvalue weighted by molar-refractivity contribution is 5.42. The second-order valence-corrected chi connectivity index (χ2v) is 5.84. The van der Waals surface area contributed by atoms with Gasteiger partial charge in [-0.1, -0.05) is 17.7 Å². The average molecular weight is 294 g/mol. The Bertz CT molecular complexity index is 429. The summed E-state index contributed by atoms with van der Waals surface area (Å²) in [5, 5.41) is 10.00. The van der Waals surface area contributed by atoms with E-state index in [1.54, 1.807) is 0 Å². The molecule has 1 atom stereocenters. The molecule has 0 bridgehead atoms. The number of benzene rings is 1. The lowest BCUT2D eigenvalue weighted by Crippen LogP contribution is -2.30. The van der Waals surface area contributed by atoms with Crippen LogP contribution in [0.5, 0.6) is 5.75 Å². The van der Waals surface area contributed by atoms with Crippen molar-refractivity contribution < 1.29 is 19.3 Å². The molecule has 1 aliphatic heterocycles. The molecule has 0 radical (unpaired) electrons. The van der Waals surface area contributed by atoms with Gasteiger partial charge in [-0.25, -0.2) is 0 Å². The second kappa shape index (κ2) is 7.78. The van der Waals surface area contributed by atoms with Crippen LogP contribution < -0.4 is 4.74 Å². The smallest absolute Gasteiger partial charge is 0.125 e. The summed E-state index contributed by atoms with van der Waals surface area (Å²) in [5.74, 6) is 0.866. The highest BCUT2D eigenvalue weighted by Gasteiger charge is 2.16. The van der Waals surface area contributed by atoms with Crippen LogP contribution in [-0.2, 0) is 9.47 Å². The van der Waals surface area contributed by atoms with Crippen LogP contribution in [0.15, 0.2) is 12.1 Å². The van der Waals surface area contributed by atoms with Gasteiger partial charge in [0.15, 0.2) is 0 Å². The van der Waals surface area contributed by atoms with E-state index in [1.807, 2.05) is 13.8 Å². The van der Waals surface area contributed by atoms with Crippen LogP contribution in [0.2, 0.25) is 0 Å². The van der Waals surface area contributed by atoms with Crippen molar-refractivity contribution in [3.05, 3.63) is 28.8 Å². The summed E-state index contributed by atoms with van der Waals surface area (Å²) in [6.45, 7) is 8.20. The van der Waals surface area contributed by atoms with Crippen LogP contribution in [0.1, 0.15) is 29.5 Å². The molecule has 4 heteroatoms. The van der Waals surface area contributed by atoms with Crippen molar-refractivity contribution in [2.45, 2.75) is 45.8 Å². The standard InChI is InChI=1S/C17H26O4/c1-12-8-13(2)17(14(3)9-12)21-11-15(18)10-20-16-4-6-19-7-5-16/h8-9,15-16,18H,4-7,10-11H2,1-3H3. The van der Waals surface area contributed by atoms with Crippen molar-refractivity contribution >= 4 is 0 Å². The van der Waals surface area contributed by atoms with Gasteiger partial charge in [-0.2, -0.15) is 0 Å². The molecule has 0 saturated carbocycles. The highest BCUT2D eigenvalue weighted by Crippen LogP contribution is 2.24. The van der Waals surface area contributed by atoms with Gasteiger partial charge >= 0.3 is 0 Å². The first-order valence-corrected chi connectivity index (χ1v) is 7.64. The molecule has 1 aromatic rings. The first-order valence-electron chi connectivity index (χ1n) is 7.64. The first kappa shape index (κ1) is 16.3. The van der Waals surface area contributed by atoms with Crippen LogP contribution >= 0.6 is 0 Å². The van der Waals surface area contributed by atoms with Gasteiger partial charge in [0.05, 0.1) is 12.7 Å². The third-order valence-electron chi connectivity index (χ3n) is 3.72. The van der Waals surface area contributed by atoms with Gasteiger partial charge < -0.3 is 19.3 Å². The van der Waals surface area contributed by atoms with E-state index in [0.717, 1.165) is 42.9 Å². The minimum absolute atomic E-state index is 0.205. The Morgan fingerprint density at radius 3 is 2.38 bits per heavy atom. The Hall–Kier alpha value is -1.10. The third kappa shape index (κ3) is 4.99. The summed E-state index contributed by atoms with van der Waals surface area (Å²) < 4.78 is 16.8. The van der Waals surface area contributed by atoms with Gasteiger partial charge in [0.25, 0.3) is 0 Å². The van der Waals surface area contributed by atoms with Crippen LogP contribution in [0.4, 0.5) is 0 Å². The van der Waals surface area contributed by atoms with Crippen molar-refractivity contribution in [1.82, 2.24) is 0 Å². The van der Waals surface area contributed by atoms with Gasteiger partial charge in [0.2, 0.25) is 0 Å². The fourth-order valence-corrected chi connectivity index (χ4v) is 2.71. The SMILES string of the molecule is Cc1cc(C)c(OCC(O)COC2CCOCC2)c(C)c1. The van der Waals surface area contributed by atoms with E-state index in [-0.39, 0.29) is 12.7 Å². The molecular weight excluding hydrogens is 268 g/mol. The number of rotatable bonds is 6. The zero-order valence-electron chi connectivity index (χ0n) is 13.2. The minimum atomic E-state index is -0.604. The van der Waals surface area contributed by atoms with E-state index >= 15 is 0 Å². The Balaban J connectivity index is 1.77. The van der Waals surface area contributed by atoms with Gasteiger partial charge in [-0.05, 0) is 44.7 Å². The number of hydrogen-bond donors (Lipinski definition) is 1. The zero-order chi connectivity index (χ0) is 15.2. The van der Waals surface area contributed by atoms with Gasteiger partial charge in [-0.3, -0.25) is 0 Å². The van der Waals surface area contributed by atoms with Crippen molar-refractivity contribution in [2.24, 2.45) is 0 Å². The third-order valence-corrected chi connectivity index (χ3v) is 3.72. The maximum absolute atomic E-state index is 10.00. The summed E-state index contributed by atoms with van der Waals surface area (Å²) in [7, 11) is 0. The number of aliphatic hydroxyl groups is 1. The summed E-state index contributed by atoms with van der Waals surface area (Å²) in [6, 6.07) is 4.18. The molecule has 0 amide bonds. The average Bonchev–Trinajstić information content (AvgIpc) is 2.45. The molecule has 21 heavy (non-hydrogen) atoms. The maximum atomic E-state index is 10.00. The molecule has 1 heterocycles. The van der Waals surface area contributed by atoms with E-state index in [4.69, 9.17) is 14.2 Å². The molecular formula is C17H26O4. The molecule has 118 valence electrons. The number of aliphatic hydroxyl groups excluding tert-OH is 1. The molecule has 4 nitrogen and oxygen atoms in total. The first-order chi connectivity index (χ1) is 10.1. The Morgan fingerprint density at radius 2 is 1.76 bits per heavy atom. The van der Waals surface area contributed by atoms with Crippen molar-refractivity contribution in [3.63, 3.8) is 0 Å². The second-order valence-electron chi connectivity index (χ2n) is 5.84. The highest BCUT2D eigenvalue weighted by atomic mass is 16.5. The van der Waals surface area contributed by atoms with Crippen molar-refractivity contribution in [3.8, 4) is 5.75 Å². The van der Waals surface area contributed by atoms with E-state index in [2.05, 4.69) is 19.1 Å². The monoisotopic (exact) mass is 294 g/mol. The number of ether oxygens (including phenoxy) is 3. The zero-order valence-corrected chi connectivity index (χ0v) is 13.2. The van der Waals surface area contributed by atoms with Crippen LogP contribution in [0, 0.1) is 20.8 Å². The van der Waals surface area contributed by atoms with Crippen LogP contribution in [-0.4, -0.2) is 43.7 Å². The molecule has 1 saturated heterocycles. The lowest BCUT2D eigenvalue weighted by molar-refractivity contribution is -0.0660. The Kier molecular flexibility index (Phi) is 6.03. The quantitative estimate of drug-likeness (QED) is 0.876. The molecule has 1 aromatic carbocycles. The fourth-order valence-electron chi connectivity index (χ4n) is 2.71. The molecule has 1 unspecified atom stereocenters. The predicted octanol–water partition coefficient (Wildman–Crippen LogP) is 2.55. The Labute approximate surface area is 127 Å². The summed E-state index contributed by atoms with van der Waals surface area (Å²) in [4.78, 5) is 0. The van der Waals surface area contributed by atoms with Gasteiger partial charge in [0.1, 0.15) is 18.5 Å². The molecule has 2 rings (SSSR count). The fraction of sp³-hybridized carbons (Fsp3) is 0.647. The molecule has 1 N–H and O–H groups in total. The summed E-state index contributed by atoms with van der Waals surface area (Å²) in [6.07, 6.45) is 1.41. The molecule has 0 spiro atoms. The van der Waals surface area contributed by atoms with E-state index in [0.29, 0.717) is 6.61 Å². The lowest BCUT2D eigenvalue weighted by atomic mass is 10.1. The number of hydrogen-bond acceptors (Lipinski definition) is 4. The van der Waals surface area contributed by atoms with Gasteiger partial charge in [0, 0.05) is 13.2 Å². The lowest BCUT2D eigenvalue weighted by Gasteiger charge is -2.24. The minimum Gasteiger partial charge on any atom is -0.490 e. The van der Waals surface area contributed by atoms with E-state index < -0.39 is 6.10 Å². The van der Waals surface area contributed by atoms with Crippen LogP contribution in [0.25, 0.3) is 0 Å². The van der Waals surface area contributed by atoms with Crippen molar-refractivity contribution in [1.29, 1.82) is 0 Å². The maximum Gasteiger partial charge on any atom is 0.125 e. The topological polar surface area (TPSA) is 47.9 Å². The molecule has 1 aliphatic rings. The number of aryl methyl sites for hydroxylation is 3. The van der Waals surface area contributed by atoms with Crippen LogP contribution in [0.3, 0.4) is 0 Å². The molecule has 0 aromatic heterocycles. The summed E-state index contributed by atoms with van der Waals surface area (Å²) in [5.41, 5.74) is 3.43. The summed E-state index contributed by atoms with van der Waals surface area (Å²) >= 11 is 0. The largest absolute Gasteiger partial charge is 0.490 e.